The minimum Gasteiger partial charge on any atom is -0.395 e. The van der Waals surface area contributed by atoms with Crippen molar-refractivity contribution < 1.29 is 5.11 Å². The lowest BCUT2D eigenvalue weighted by atomic mass is 9.72. The van der Waals surface area contributed by atoms with E-state index >= 15 is 0 Å². The second-order valence-corrected chi connectivity index (χ2v) is 7.27. The Kier molecular flexibility index (Phi) is 6.31. The Hall–Kier alpha value is -0.120. The van der Waals surface area contributed by atoms with Crippen LogP contribution in [0, 0.1) is 17.8 Å². The third kappa shape index (κ3) is 3.96. The predicted molar refractivity (Wildman–Crippen MR) is 84.8 cm³/mol. The Bertz CT molecular complexity index is 278. The Morgan fingerprint density at radius 3 is 2.45 bits per heavy atom. The van der Waals surface area contributed by atoms with E-state index in [1.807, 2.05) is 0 Å². The van der Waals surface area contributed by atoms with Gasteiger partial charge in [0.25, 0.3) is 0 Å². The normalized spacial score (nSPS) is 35.9. The summed E-state index contributed by atoms with van der Waals surface area (Å²) in [6.07, 6.45) is 8.09. The molecule has 0 amide bonds. The SMILES string of the molecule is CNC1CC(C)CC(C)C1CN(CCO)C1CCCC1. The zero-order valence-electron chi connectivity index (χ0n) is 13.6. The van der Waals surface area contributed by atoms with Gasteiger partial charge in [-0.3, -0.25) is 4.90 Å². The first kappa shape index (κ1) is 16.3. The molecular weight excluding hydrogens is 248 g/mol. The maximum Gasteiger partial charge on any atom is 0.0558 e. The zero-order chi connectivity index (χ0) is 14.5. The third-order valence-corrected chi connectivity index (χ3v) is 5.72. The molecule has 0 saturated heterocycles. The van der Waals surface area contributed by atoms with E-state index in [0.29, 0.717) is 12.6 Å². The average molecular weight is 282 g/mol. The van der Waals surface area contributed by atoms with Crippen molar-refractivity contribution in [3.63, 3.8) is 0 Å². The molecule has 3 heteroatoms. The second-order valence-electron chi connectivity index (χ2n) is 7.27. The smallest absolute Gasteiger partial charge is 0.0558 e. The molecule has 2 rings (SSSR count). The number of nitrogens with zero attached hydrogens (tertiary/aromatic N) is 1. The Morgan fingerprint density at radius 2 is 1.85 bits per heavy atom. The third-order valence-electron chi connectivity index (χ3n) is 5.72. The Morgan fingerprint density at radius 1 is 1.15 bits per heavy atom. The fourth-order valence-corrected chi connectivity index (χ4v) is 4.64. The van der Waals surface area contributed by atoms with Crippen LogP contribution < -0.4 is 5.32 Å². The fourth-order valence-electron chi connectivity index (χ4n) is 4.64. The summed E-state index contributed by atoms with van der Waals surface area (Å²) in [5.74, 6) is 2.37. The summed E-state index contributed by atoms with van der Waals surface area (Å²) in [5, 5.41) is 13.0. The molecule has 3 nitrogen and oxygen atoms in total. The molecule has 0 heterocycles. The van der Waals surface area contributed by atoms with Gasteiger partial charge in [-0.1, -0.05) is 26.7 Å². The average Bonchev–Trinajstić information content (AvgIpc) is 2.94. The van der Waals surface area contributed by atoms with Gasteiger partial charge < -0.3 is 10.4 Å². The molecule has 20 heavy (non-hydrogen) atoms. The summed E-state index contributed by atoms with van der Waals surface area (Å²) in [6, 6.07) is 1.38. The highest BCUT2D eigenvalue weighted by molar-refractivity contribution is 4.90. The first-order valence-corrected chi connectivity index (χ1v) is 8.67. The van der Waals surface area contributed by atoms with Gasteiger partial charge in [0.05, 0.1) is 6.61 Å². The zero-order valence-corrected chi connectivity index (χ0v) is 13.6. The van der Waals surface area contributed by atoms with E-state index < -0.39 is 0 Å². The minimum atomic E-state index is 0.304. The van der Waals surface area contributed by atoms with Gasteiger partial charge in [-0.2, -0.15) is 0 Å². The first-order valence-electron chi connectivity index (χ1n) is 8.67. The number of aliphatic hydroxyl groups is 1. The quantitative estimate of drug-likeness (QED) is 0.786. The fraction of sp³-hybridized carbons (Fsp3) is 1.00. The van der Waals surface area contributed by atoms with E-state index in [2.05, 4.69) is 31.1 Å². The highest BCUT2D eigenvalue weighted by atomic mass is 16.3. The van der Waals surface area contributed by atoms with Crippen molar-refractivity contribution in [3.8, 4) is 0 Å². The lowest BCUT2D eigenvalue weighted by Crippen LogP contribution is -2.50. The number of hydrogen-bond donors (Lipinski definition) is 2. The van der Waals surface area contributed by atoms with E-state index in [9.17, 15) is 5.11 Å². The molecule has 4 unspecified atom stereocenters. The first-order chi connectivity index (χ1) is 9.65. The molecular formula is C17H34N2O. The number of nitrogens with one attached hydrogen (secondary N) is 1. The van der Waals surface area contributed by atoms with Crippen LogP contribution in [0.1, 0.15) is 52.4 Å². The van der Waals surface area contributed by atoms with Crippen LogP contribution in [0.15, 0.2) is 0 Å². The van der Waals surface area contributed by atoms with Crippen molar-refractivity contribution in [2.45, 2.75) is 64.5 Å². The summed E-state index contributed by atoms with van der Waals surface area (Å²) < 4.78 is 0. The standard InChI is InChI=1S/C17H34N2O/c1-13-10-14(2)16(17(11-13)18-3)12-19(8-9-20)15-6-4-5-7-15/h13-18,20H,4-12H2,1-3H3. The molecule has 0 bridgehead atoms. The van der Waals surface area contributed by atoms with Crippen molar-refractivity contribution in [2.24, 2.45) is 17.8 Å². The molecule has 4 atom stereocenters. The highest BCUT2D eigenvalue weighted by Crippen LogP contribution is 2.35. The van der Waals surface area contributed by atoms with Gasteiger partial charge in [-0.25, -0.2) is 0 Å². The summed E-state index contributed by atoms with van der Waals surface area (Å²) in [5.41, 5.74) is 0. The molecule has 0 aromatic carbocycles. The van der Waals surface area contributed by atoms with Crippen LogP contribution in [-0.4, -0.2) is 48.8 Å². The molecule has 2 saturated carbocycles. The van der Waals surface area contributed by atoms with Crippen LogP contribution in [0.25, 0.3) is 0 Å². The summed E-state index contributed by atoms with van der Waals surface area (Å²) in [7, 11) is 2.12. The monoisotopic (exact) mass is 282 g/mol. The summed E-state index contributed by atoms with van der Waals surface area (Å²) >= 11 is 0. The molecule has 2 N–H and O–H groups in total. The van der Waals surface area contributed by atoms with Crippen LogP contribution in [0.5, 0.6) is 0 Å². The maximum atomic E-state index is 9.40. The molecule has 2 aliphatic rings. The largest absolute Gasteiger partial charge is 0.395 e. The molecule has 0 spiro atoms. The lowest BCUT2D eigenvalue weighted by molar-refractivity contribution is 0.0712. The van der Waals surface area contributed by atoms with E-state index in [1.165, 1.54) is 45.1 Å². The van der Waals surface area contributed by atoms with Crippen molar-refractivity contribution in [2.75, 3.05) is 26.7 Å². The van der Waals surface area contributed by atoms with E-state index in [-0.39, 0.29) is 0 Å². The van der Waals surface area contributed by atoms with Gasteiger partial charge in [-0.15, -0.1) is 0 Å². The van der Waals surface area contributed by atoms with Crippen LogP contribution in [0.3, 0.4) is 0 Å². The van der Waals surface area contributed by atoms with Gasteiger partial charge >= 0.3 is 0 Å². The van der Waals surface area contributed by atoms with Gasteiger partial charge in [0, 0.05) is 25.2 Å². The van der Waals surface area contributed by atoms with Crippen molar-refractivity contribution in [3.05, 3.63) is 0 Å². The molecule has 2 aliphatic carbocycles. The summed E-state index contributed by atoms with van der Waals surface area (Å²) in [4.78, 5) is 2.59. The lowest BCUT2D eigenvalue weighted by Gasteiger charge is -2.43. The van der Waals surface area contributed by atoms with Crippen molar-refractivity contribution in [1.82, 2.24) is 10.2 Å². The molecule has 0 aromatic heterocycles. The molecule has 0 radical (unpaired) electrons. The van der Waals surface area contributed by atoms with Gasteiger partial charge in [0.1, 0.15) is 0 Å². The van der Waals surface area contributed by atoms with Crippen LogP contribution in [0.2, 0.25) is 0 Å². The number of hydrogen-bond acceptors (Lipinski definition) is 3. The number of rotatable bonds is 6. The topological polar surface area (TPSA) is 35.5 Å². The van der Waals surface area contributed by atoms with Gasteiger partial charge in [-0.05, 0) is 50.5 Å². The van der Waals surface area contributed by atoms with Gasteiger partial charge in [0.15, 0.2) is 0 Å². The van der Waals surface area contributed by atoms with Crippen molar-refractivity contribution in [1.29, 1.82) is 0 Å². The second kappa shape index (κ2) is 7.77. The molecule has 0 aliphatic heterocycles. The Balaban J connectivity index is 1.99. The Labute approximate surface area is 125 Å². The molecule has 2 fully saturated rings. The molecule has 118 valence electrons. The minimum absolute atomic E-state index is 0.304. The van der Waals surface area contributed by atoms with Gasteiger partial charge in [0.2, 0.25) is 0 Å². The van der Waals surface area contributed by atoms with Crippen LogP contribution in [-0.2, 0) is 0 Å². The van der Waals surface area contributed by atoms with Crippen molar-refractivity contribution >= 4 is 0 Å². The van der Waals surface area contributed by atoms with Crippen LogP contribution >= 0.6 is 0 Å². The predicted octanol–water partition coefficient (Wildman–Crippen LogP) is 2.49. The van der Waals surface area contributed by atoms with Crippen LogP contribution in [0.4, 0.5) is 0 Å². The van der Waals surface area contributed by atoms with E-state index in [1.54, 1.807) is 0 Å². The maximum absolute atomic E-state index is 9.40. The number of aliphatic hydroxyl groups excluding tert-OH is 1. The highest BCUT2D eigenvalue weighted by Gasteiger charge is 2.35. The van der Waals surface area contributed by atoms with E-state index in [4.69, 9.17) is 0 Å². The van der Waals surface area contributed by atoms with E-state index in [0.717, 1.165) is 30.3 Å². The summed E-state index contributed by atoms with van der Waals surface area (Å²) in [6.45, 7) is 7.15. The molecule has 0 aromatic rings.